The van der Waals surface area contributed by atoms with Crippen LogP contribution in [-0.2, 0) is 4.79 Å². The van der Waals surface area contributed by atoms with Gasteiger partial charge in [-0.25, -0.2) is 0 Å². The van der Waals surface area contributed by atoms with Gasteiger partial charge in [0.15, 0.2) is 5.78 Å². The molecule has 0 unspecified atom stereocenters. The van der Waals surface area contributed by atoms with Crippen molar-refractivity contribution in [1.82, 2.24) is 0 Å². The fraction of sp³-hybridized carbons (Fsp3) is 0.323. The van der Waals surface area contributed by atoms with Crippen molar-refractivity contribution in [3.05, 3.63) is 100.0 Å². The fourth-order valence-electron chi connectivity index (χ4n) is 3.78. The van der Waals surface area contributed by atoms with Gasteiger partial charge in [-0.2, -0.15) is 0 Å². The van der Waals surface area contributed by atoms with Gasteiger partial charge < -0.3 is 9.47 Å². The van der Waals surface area contributed by atoms with Crippen molar-refractivity contribution >= 4 is 11.4 Å². The highest BCUT2D eigenvalue weighted by Crippen LogP contribution is 2.38. The Morgan fingerprint density at radius 1 is 0.676 bits per heavy atom. The zero-order valence-electron chi connectivity index (χ0n) is 21.5. The molecule has 0 aromatic heterocycles. The largest absolute Gasteiger partial charge is 0.497 e. The van der Waals surface area contributed by atoms with Crippen LogP contribution in [0.4, 0.5) is 0 Å². The van der Waals surface area contributed by atoms with Crippen molar-refractivity contribution in [2.75, 3.05) is 14.2 Å². The number of carbonyl (C=O) groups excluding carboxylic acids is 1. The van der Waals surface area contributed by atoms with Gasteiger partial charge in [0.25, 0.3) is 0 Å². The lowest BCUT2D eigenvalue weighted by Crippen LogP contribution is -2.27. The number of methoxy groups -OCH3 is 2. The highest BCUT2D eigenvalue weighted by molar-refractivity contribution is 6.11. The third-order valence-corrected chi connectivity index (χ3v) is 5.79. The minimum Gasteiger partial charge on any atom is -0.497 e. The summed E-state index contributed by atoms with van der Waals surface area (Å²) in [5, 5.41) is 0. The lowest BCUT2D eigenvalue weighted by Gasteiger charge is -2.30. The first-order valence-electron chi connectivity index (χ1n) is 11.5. The molecule has 3 rings (SSSR count). The third-order valence-electron chi connectivity index (χ3n) is 5.79. The molecule has 0 radical (unpaired) electrons. The Morgan fingerprint density at radius 3 is 1.38 bits per heavy atom. The Bertz CT molecular complexity index is 1140. The molecule has 176 valence electrons. The van der Waals surface area contributed by atoms with E-state index in [1.54, 1.807) is 14.2 Å². The molecule has 1 aliphatic rings. The summed E-state index contributed by atoms with van der Waals surface area (Å²) in [6.07, 6.45) is 3.90. The van der Waals surface area contributed by atoms with Crippen molar-refractivity contribution in [3.8, 4) is 11.5 Å². The van der Waals surface area contributed by atoms with Crippen molar-refractivity contribution in [2.45, 2.75) is 41.5 Å². The predicted molar refractivity (Wildman–Crippen MR) is 139 cm³/mol. The normalized spacial score (nSPS) is 14.0. The van der Waals surface area contributed by atoms with E-state index in [0.717, 1.165) is 44.9 Å². The second-order valence-corrected chi connectivity index (χ2v) is 10.5. The lowest BCUT2D eigenvalue weighted by molar-refractivity contribution is -0.114. The summed E-state index contributed by atoms with van der Waals surface area (Å²) in [5.74, 6) is 1.70. The number of rotatable bonds is 4. The standard InChI is InChI=1S/C31H34O3/c1-30(2,3)27-19-21(20-28(29(27)32)31(4,5)6)9-18-26(22-10-14-24(33-7)15-11-22)23-12-16-25(34-8)17-13-23/h10-17,19-20H,1-8H3. The van der Waals surface area contributed by atoms with E-state index in [2.05, 4.69) is 53.0 Å². The van der Waals surface area contributed by atoms with Gasteiger partial charge in [-0.05, 0) is 58.4 Å². The number of Topliss-reactive ketones (excluding diaryl/α,β-unsaturated/α-hetero) is 1. The van der Waals surface area contributed by atoms with E-state index in [1.807, 2.05) is 60.7 Å². The fourth-order valence-corrected chi connectivity index (χ4v) is 3.78. The second-order valence-electron chi connectivity index (χ2n) is 10.5. The van der Waals surface area contributed by atoms with Crippen LogP contribution >= 0.6 is 0 Å². The van der Waals surface area contributed by atoms with Crippen LogP contribution in [0.25, 0.3) is 5.57 Å². The SMILES string of the molecule is COc1ccc(C(=C=C=C2C=C(C(C)(C)C)C(=O)C(C(C)(C)C)=C2)c2ccc(OC)cc2)cc1. The van der Waals surface area contributed by atoms with Crippen LogP contribution in [0, 0.1) is 10.8 Å². The molecule has 0 fully saturated rings. The minimum atomic E-state index is -0.271. The molecule has 34 heavy (non-hydrogen) atoms. The quantitative estimate of drug-likeness (QED) is 0.453. The molecule has 0 aliphatic heterocycles. The zero-order chi connectivity index (χ0) is 25.1. The van der Waals surface area contributed by atoms with E-state index >= 15 is 0 Å². The van der Waals surface area contributed by atoms with Crippen LogP contribution in [-0.4, -0.2) is 20.0 Å². The van der Waals surface area contributed by atoms with Gasteiger partial charge in [-0.1, -0.05) is 77.3 Å². The average Bonchev–Trinajstić information content (AvgIpc) is 2.79. The zero-order valence-corrected chi connectivity index (χ0v) is 21.5. The number of carbonyl (C=O) groups is 1. The molecule has 0 amide bonds. The molecule has 0 bridgehead atoms. The van der Waals surface area contributed by atoms with Gasteiger partial charge >= 0.3 is 0 Å². The van der Waals surface area contributed by atoms with E-state index < -0.39 is 0 Å². The Balaban J connectivity index is 2.30. The molecular formula is C31H34O3. The molecule has 0 atom stereocenters. The topological polar surface area (TPSA) is 35.5 Å². The van der Waals surface area contributed by atoms with Crippen LogP contribution in [0.1, 0.15) is 52.7 Å². The van der Waals surface area contributed by atoms with E-state index in [0.29, 0.717) is 0 Å². The van der Waals surface area contributed by atoms with Crippen molar-refractivity contribution < 1.29 is 14.3 Å². The summed E-state index contributed by atoms with van der Waals surface area (Å²) in [7, 11) is 3.31. The summed E-state index contributed by atoms with van der Waals surface area (Å²) in [6.45, 7) is 12.4. The first-order chi connectivity index (χ1) is 15.9. The van der Waals surface area contributed by atoms with E-state index in [-0.39, 0.29) is 16.6 Å². The molecule has 3 nitrogen and oxygen atoms in total. The summed E-state index contributed by atoms with van der Waals surface area (Å²) >= 11 is 0. The van der Waals surface area contributed by atoms with Crippen LogP contribution in [0.2, 0.25) is 0 Å². The Hall–Kier alpha value is -3.51. The molecule has 0 saturated heterocycles. The molecule has 0 heterocycles. The number of hydrogen-bond donors (Lipinski definition) is 0. The predicted octanol–water partition coefficient (Wildman–Crippen LogP) is 7.34. The van der Waals surface area contributed by atoms with Gasteiger partial charge in [0.05, 0.1) is 14.2 Å². The van der Waals surface area contributed by atoms with Gasteiger partial charge in [-0.15, -0.1) is 0 Å². The highest BCUT2D eigenvalue weighted by Gasteiger charge is 2.33. The Labute approximate surface area is 203 Å². The maximum absolute atomic E-state index is 13.2. The molecule has 1 aliphatic carbocycles. The van der Waals surface area contributed by atoms with Crippen molar-refractivity contribution in [2.24, 2.45) is 10.8 Å². The van der Waals surface area contributed by atoms with Gasteiger partial charge in [0.2, 0.25) is 0 Å². The molecular weight excluding hydrogens is 420 g/mol. The third kappa shape index (κ3) is 5.69. The van der Waals surface area contributed by atoms with Crippen LogP contribution in [0.3, 0.4) is 0 Å². The van der Waals surface area contributed by atoms with Gasteiger partial charge in [-0.3, -0.25) is 4.79 Å². The lowest BCUT2D eigenvalue weighted by atomic mass is 9.72. The number of hydrogen-bond acceptors (Lipinski definition) is 3. The summed E-state index contributed by atoms with van der Waals surface area (Å²) < 4.78 is 10.6. The number of ether oxygens (including phenoxy) is 2. The van der Waals surface area contributed by atoms with Crippen molar-refractivity contribution in [3.63, 3.8) is 0 Å². The summed E-state index contributed by atoms with van der Waals surface area (Å²) in [6, 6.07) is 15.8. The van der Waals surface area contributed by atoms with E-state index in [4.69, 9.17) is 9.47 Å². The average molecular weight is 455 g/mol. The maximum Gasteiger partial charge on any atom is 0.186 e. The molecule has 2 aromatic carbocycles. The first kappa shape index (κ1) is 25.1. The monoisotopic (exact) mass is 454 g/mol. The van der Waals surface area contributed by atoms with Gasteiger partial charge in [0, 0.05) is 22.3 Å². The Morgan fingerprint density at radius 2 is 1.06 bits per heavy atom. The number of allylic oxidation sites excluding steroid dienone is 5. The summed E-state index contributed by atoms with van der Waals surface area (Å²) in [5.41, 5.74) is 11.5. The Kier molecular flexibility index (Phi) is 7.22. The van der Waals surface area contributed by atoms with Gasteiger partial charge in [0.1, 0.15) is 11.5 Å². The highest BCUT2D eigenvalue weighted by atomic mass is 16.5. The molecule has 0 N–H and O–H groups in total. The smallest absolute Gasteiger partial charge is 0.186 e. The van der Waals surface area contributed by atoms with Crippen LogP contribution in [0.5, 0.6) is 11.5 Å². The molecule has 2 aromatic rings. The van der Waals surface area contributed by atoms with E-state index in [1.165, 1.54) is 0 Å². The van der Waals surface area contributed by atoms with Crippen LogP contribution < -0.4 is 9.47 Å². The number of benzene rings is 2. The molecule has 3 heteroatoms. The molecule has 0 saturated carbocycles. The molecule has 0 spiro atoms. The number of ketones is 1. The maximum atomic E-state index is 13.2. The second kappa shape index (κ2) is 9.77. The first-order valence-corrected chi connectivity index (χ1v) is 11.5. The van der Waals surface area contributed by atoms with Crippen molar-refractivity contribution in [1.29, 1.82) is 0 Å². The minimum absolute atomic E-state index is 0.111. The van der Waals surface area contributed by atoms with E-state index in [9.17, 15) is 4.79 Å². The van der Waals surface area contributed by atoms with Crippen LogP contribution in [0.15, 0.2) is 88.9 Å². The summed E-state index contributed by atoms with van der Waals surface area (Å²) in [4.78, 5) is 13.2.